The Morgan fingerprint density at radius 2 is 2.14 bits per heavy atom. The molecule has 110 valence electrons. The molecule has 1 aromatic carbocycles. The van der Waals surface area contributed by atoms with E-state index in [1.54, 1.807) is 18.2 Å². The summed E-state index contributed by atoms with van der Waals surface area (Å²) < 4.78 is 6.02. The molecule has 1 amide bonds. The first-order valence-electron chi connectivity index (χ1n) is 5.65. The van der Waals surface area contributed by atoms with Crippen molar-refractivity contribution in [3.05, 3.63) is 44.0 Å². The van der Waals surface area contributed by atoms with Crippen molar-refractivity contribution in [2.75, 3.05) is 11.9 Å². The summed E-state index contributed by atoms with van der Waals surface area (Å²) in [6.45, 7) is -0.234. The molecular weight excluding hydrogens is 382 g/mol. The minimum Gasteiger partial charge on any atom is -0.483 e. The van der Waals surface area contributed by atoms with Crippen LogP contribution in [0.1, 0.15) is 9.67 Å². The number of halogens is 2. The fourth-order valence-corrected chi connectivity index (χ4v) is 2.82. The molecule has 0 atom stereocenters. The van der Waals surface area contributed by atoms with Crippen LogP contribution in [0.2, 0.25) is 5.02 Å². The van der Waals surface area contributed by atoms with Crippen molar-refractivity contribution in [1.29, 1.82) is 0 Å². The van der Waals surface area contributed by atoms with Gasteiger partial charge in [0.05, 0.1) is 10.7 Å². The second-order valence-corrected chi connectivity index (χ2v) is 6.15. The molecule has 2 aromatic rings. The number of carbonyl (C=O) groups is 2. The number of carboxylic acids is 1. The summed E-state index contributed by atoms with van der Waals surface area (Å²) in [6.07, 6.45) is 0. The average molecular weight is 391 g/mol. The van der Waals surface area contributed by atoms with Crippen molar-refractivity contribution >= 4 is 56.4 Å². The standard InChI is InChI=1S/C13H9BrClNO4S/c14-7-1-2-10(9(15)3-7)16-12(17)5-20-8-4-11(13(18)19)21-6-8/h1-4,6H,5H2,(H,16,17)(H,18,19). The molecule has 0 saturated heterocycles. The van der Waals surface area contributed by atoms with Gasteiger partial charge in [0.15, 0.2) is 6.61 Å². The first-order chi connectivity index (χ1) is 9.95. The third-order valence-corrected chi connectivity index (χ3v) is 4.06. The van der Waals surface area contributed by atoms with Crippen LogP contribution in [0.15, 0.2) is 34.1 Å². The number of carbonyl (C=O) groups excluding carboxylic acids is 1. The Morgan fingerprint density at radius 3 is 2.76 bits per heavy atom. The fraction of sp³-hybridized carbons (Fsp3) is 0.0769. The number of rotatable bonds is 5. The summed E-state index contributed by atoms with van der Waals surface area (Å²) in [4.78, 5) is 22.6. The van der Waals surface area contributed by atoms with E-state index in [0.29, 0.717) is 16.5 Å². The maximum absolute atomic E-state index is 11.7. The summed E-state index contributed by atoms with van der Waals surface area (Å²) >= 11 is 10.3. The van der Waals surface area contributed by atoms with Crippen molar-refractivity contribution < 1.29 is 19.4 Å². The third-order valence-electron chi connectivity index (χ3n) is 2.36. The third kappa shape index (κ3) is 4.45. The predicted molar refractivity (Wildman–Crippen MR) is 84.6 cm³/mol. The highest BCUT2D eigenvalue weighted by Crippen LogP contribution is 2.26. The van der Waals surface area contributed by atoms with Gasteiger partial charge in [-0.05, 0) is 18.2 Å². The zero-order valence-electron chi connectivity index (χ0n) is 10.4. The number of carboxylic acid groups (broad SMARTS) is 1. The van der Waals surface area contributed by atoms with Gasteiger partial charge >= 0.3 is 5.97 Å². The van der Waals surface area contributed by atoms with Crippen LogP contribution in [0.5, 0.6) is 5.75 Å². The van der Waals surface area contributed by atoms with Gasteiger partial charge in [-0.1, -0.05) is 27.5 Å². The monoisotopic (exact) mass is 389 g/mol. The van der Waals surface area contributed by atoms with Gasteiger partial charge in [-0.15, -0.1) is 11.3 Å². The minimum absolute atomic E-state index is 0.154. The summed E-state index contributed by atoms with van der Waals surface area (Å²) in [5.74, 6) is -1.07. The lowest BCUT2D eigenvalue weighted by molar-refractivity contribution is -0.118. The summed E-state index contributed by atoms with van der Waals surface area (Å²) in [7, 11) is 0. The summed E-state index contributed by atoms with van der Waals surface area (Å²) in [5, 5.41) is 13.3. The van der Waals surface area contributed by atoms with Crippen LogP contribution in [0.4, 0.5) is 5.69 Å². The second-order valence-electron chi connectivity index (χ2n) is 3.91. The van der Waals surface area contributed by atoms with Crippen LogP contribution in [0, 0.1) is 0 Å². The normalized spacial score (nSPS) is 10.2. The van der Waals surface area contributed by atoms with E-state index in [4.69, 9.17) is 21.4 Å². The van der Waals surface area contributed by atoms with Gasteiger partial charge in [-0.3, -0.25) is 4.79 Å². The first kappa shape index (κ1) is 15.8. The molecule has 0 radical (unpaired) electrons. The number of aromatic carboxylic acids is 1. The lowest BCUT2D eigenvalue weighted by Gasteiger charge is -2.08. The number of benzene rings is 1. The topological polar surface area (TPSA) is 75.6 Å². The van der Waals surface area contributed by atoms with Gasteiger partial charge < -0.3 is 15.2 Å². The number of hydrogen-bond acceptors (Lipinski definition) is 4. The molecule has 1 heterocycles. The minimum atomic E-state index is -1.03. The molecule has 0 aliphatic rings. The number of thiophene rings is 1. The molecule has 0 unspecified atom stereocenters. The lowest BCUT2D eigenvalue weighted by Crippen LogP contribution is -2.20. The highest BCUT2D eigenvalue weighted by atomic mass is 79.9. The molecule has 5 nitrogen and oxygen atoms in total. The smallest absolute Gasteiger partial charge is 0.346 e. The van der Waals surface area contributed by atoms with E-state index in [-0.39, 0.29) is 17.4 Å². The van der Waals surface area contributed by atoms with E-state index in [2.05, 4.69) is 21.2 Å². The first-order valence-corrected chi connectivity index (χ1v) is 7.70. The predicted octanol–water partition coefficient (Wildman–Crippen LogP) is 3.88. The van der Waals surface area contributed by atoms with Crippen LogP contribution >= 0.6 is 38.9 Å². The molecule has 1 aromatic heterocycles. The maximum atomic E-state index is 11.7. The summed E-state index contributed by atoms with van der Waals surface area (Å²) in [6, 6.07) is 6.45. The van der Waals surface area contributed by atoms with Crippen LogP contribution in [0.3, 0.4) is 0 Å². The Bertz CT molecular complexity index is 689. The van der Waals surface area contributed by atoms with Crippen LogP contribution in [-0.4, -0.2) is 23.6 Å². The number of amides is 1. The molecule has 8 heteroatoms. The largest absolute Gasteiger partial charge is 0.483 e. The molecular formula is C13H9BrClNO4S. The highest BCUT2D eigenvalue weighted by molar-refractivity contribution is 9.10. The molecule has 0 saturated carbocycles. The molecule has 0 spiro atoms. The lowest BCUT2D eigenvalue weighted by atomic mass is 10.3. The Hall–Kier alpha value is -1.57. The van der Waals surface area contributed by atoms with Gasteiger partial charge in [0.2, 0.25) is 0 Å². The van der Waals surface area contributed by atoms with Crippen LogP contribution < -0.4 is 10.1 Å². The van der Waals surface area contributed by atoms with E-state index < -0.39 is 5.97 Å². The van der Waals surface area contributed by atoms with E-state index in [9.17, 15) is 9.59 Å². The van der Waals surface area contributed by atoms with E-state index in [0.717, 1.165) is 15.8 Å². The van der Waals surface area contributed by atoms with Crippen molar-refractivity contribution in [2.45, 2.75) is 0 Å². The molecule has 0 bridgehead atoms. The second kappa shape index (κ2) is 6.93. The SMILES string of the molecule is O=C(COc1csc(C(=O)O)c1)Nc1ccc(Br)cc1Cl. The van der Waals surface area contributed by atoms with Crippen LogP contribution in [-0.2, 0) is 4.79 Å². The van der Waals surface area contributed by atoms with Crippen molar-refractivity contribution in [3.63, 3.8) is 0 Å². The number of hydrogen-bond donors (Lipinski definition) is 2. The highest BCUT2D eigenvalue weighted by Gasteiger charge is 2.10. The van der Waals surface area contributed by atoms with Crippen molar-refractivity contribution in [1.82, 2.24) is 0 Å². The quantitative estimate of drug-likeness (QED) is 0.812. The van der Waals surface area contributed by atoms with Gasteiger partial charge in [-0.25, -0.2) is 4.79 Å². The van der Waals surface area contributed by atoms with Gasteiger partial charge in [0.1, 0.15) is 10.6 Å². The Balaban J connectivity index is 1.91. The van der Waals surface area contributed by atoms with Gasteiger partial charge in [0.25, 0.3) is 5.91 Å². The van der Waals surface area contributed by atoms with Gasteiger partial charge in [-0.2, -0.15) is 0 Å². The molecule has 0 fully saturated rings. The van der Waals surface area contributed by atoms with E-state index in [1.807, 2.05) is 0 Å². The zero-order chi connectivity index (χ0) is 15.4. The van der Waals surface area contributed by atoms with E-state index in [1.165, 1.54) is 11.4 Å². The molecule has 0 aliphatic carbocycles. The maximum Gasteiger partial charge on any atom is 0.346 e. The molecule has 2 N–H and O–H groups in total. The number of anilines is 1. The summed E-state index contributed by atoms with van der Waals surface area (Å²) in [5.41, 5.74) is 0.477. The van der Waals surface area contributed by atoms with Crippen LogP contribution in [0.25, 0.3) is 0 Å². The van der Waals surface area contributed by atoms with Gasteiger partial charge in [0, 0.05) is 15.9 Å². The van der Waals surface area contributed by atoms with E-state index >= 15 is 0 Å². The fourth-order valence-electron chi connectivity index (χ4n) is 1.43. The Labute approximate surface area is 137 Å². The van der Waals surface area contributed by atoms with Crippen molar-refractivity contribution in [2.24, 2.45) is 0 Å². The Morgan fingerprint density at radius 1 is 1.38 bits per heavy atom. The molecule has 2 rings (SSSR count). The number of ether oxygens (including phenoxy) is 1. The number of nitrogens with one attached hydrogen (secondary N) is 1. The molecule has 21 heavy (non-hydrogen) atoms. The molecule has 0 aliphatic heterocycles. The average Bonchev–Trinajstić information content (AvgIpc) is 2.89. The zero-order valence-corrected chi connectivity index (χ0v) is 13.6. The van der Waals surface area contributed by atoms with Crippen molar-refractivity contribution in [3.8, 4) is 5.75 Å². The Kier molecular flexibility index (Phi) is 5.22.